The van der Waals surface area contributed by atoms with Crippen molar-refractivity contribution >= 4 is 29.0 Å². The second-order valence-electron chi connectivity index (χ2n) is 6.01. The molecule has 1 saturated heterocycles. The van der Waals surface area contributed by atoms with E-state index in [4.69, 9.17) is 5.73 Å². The summed E-state index contributed by atoms with van der Waals surface area (Å²) < 4.78 is 0. The Kier molecular flexibility index (Phi) is 4.83. The molecule has 0 aliphatic carbocycles. The molecule has 0 bridgehead atoms. The number of aryl methyl sites for hydroxylation is 1. The van der Waals surface area contributed by atoms with Gasteiger partial charge in [0.05, 0.1) is 11.4 Å². The molecule has 7 heteroatoms. The highest BCUT2D eigenvalue weighted by atomic mass is 16.2. The Bertz CT molecular complexity index is 770. The van der Waals surface area contributed by atoms with Crippen molar-refractivity contribution in [3.8, 4) is 0 Å². The van der Waals surface area contributed by atoms with Gasteiger partial charge in [0.2, 0.25) is 0 Å². The first kappa shape index (κ1) is 16.8. The number of pyridine rings is 1. The topological polar surface area (TPSA) is 91.6 Å². The third kappa shape index (κ3) is 3.88. The van der Waals surface area contributed by atoms with Gasteiger partial charge >= 0.3 is 11.8 Å². The van der Waals surface area contributed by atoms with Crippen LogP contribution in [0.2, 0.25) is 0 Å². The molecule has 0 unspecified atom stereocenters. The van der Waals surface area contributed by atoms with Gasteiger partial charge < -0.3 is 20.9 Å². The van der Waals surface area contributed by atoms with Crippen molar-refractivity contribution in [2.24, 2.45) is 0 Å². The average molecular weight is 339 g/mol. The normalized spacial score (nSPS) is 14.3. The Hall–Kier alpha value is -3.09. The van der Waals surface area contributed by atoms with Crippen molar-refractivity contribution < 1.29 is 9.59 Å². The molecule has 1 aromatic heterocycles. The first-order valence-corrected chi connectivity index (χ1v) is 8.17. The fourth-order valence-electron chi connectivity index (χ4n) is 2.79. The second-order valence-corrected chi connectivity index (χ2v) is 6.01. The van der Waals surface area contributed by atoms with Gasteiger partial charge in [0.25, 0.3) is 0 Å². The summed E-state index contributed by atoms with van der Waals surface area (Å²) in [5, 5.41) is 2.60. The van der Waals surface area contributed by atoms with E-state index in [0.717, 1.165) is 11.4 Å². The van der Waals surface area contributed by atoms with Crippen LogP contribution in [-0.4, -0.2) is 47.9 Å². The van der Waals surface area contributed by atoms with E-state index in [1.165, 1.54) is 0 Å². The van der Waals surface area contributed by atoms with E-state index in [1.807, 2.05) is 31.2 Å². The van der Waals surface area contributed by atoms with Crippen LogP contribution in [0, 0.1) is 6.92 Å². The van der Waals surface area contributed by atoms with Crippen molar-refractivity contribution in [2.75, 3.05) is 42.1 Å². The molecule has 3 rings (SSSR count). The molecule has 2 amide bonds. The molecule has 1 fully saturated rings. The Morgan fingerprint density at radius 2 is 1.88 bits per heavy atom. The van der Waals surface area contributed by atoms with Crippen LogP contribution in [-0.2, 0) is 9.59 Å². The van der Waals surface area contributed by atoms with Gasteiger partial charge in [-0.2, -0.15) is 0 Å². The number of aromatic nitrogens is 1. The van der Waals surface area contributed by atoms with Crippen molar-refractivity contribution in [3.05, 3.63) is 48.2 Å². The second kappa shape index (κ2) is 7.21. The number of amides is 2. The molecule has 3 N–H and O–H groups in total. The molecule has 1 aliphatic heterocycles. The van der Waals surface area contributed by atoms with Gasteiger partial charge in [0, 0.05) is 32.4 Å². The van der Waals surface area contributed by atoms with Crippen LogP contribution in [0.25, 0.3) is 0 Å². The molecule has 25 heavy (non-hydrogen) atoms. The quantitative estimate of drug-likeness (QED) is 0.635. The van der Waals surface area contributed by atoms with Gasteiger partial charge in [-0.05, 0) is 36.8 Å². The zero-order valence-electron chi connectivity index (χ0n) is 14.1. The molecule has 0 spiro atoms. The molecular formula is C18H21N5O2. The zero-order chi connectivity index (χ0) is 17.8. The fraction of sp³-hybridized carbons (Fsp3) is 0.278. The van der Waals surface area contributed by atoms with E-state index in [9.17, 15) is 9.59 Å². The molecule has 1 aromatic carbocycles. The van der Waals surface area contributed by atoms with Gasteiger partial charge in [-0.1, -0.05) is 12.1 Å². The maximum atomic E-state index is 12.4. The molecule has 0 radical (unpaired) electrons. The summed E-state index contributed by atoms with van der Waals surface area (Å²) in [7, 11) is 0. The molecule has 1 aliphatic rings. The van der Waals surface area contributed by atoms with Crippen LogP contribution in [0.3, 0.4) is 0 Å². The van der Waals surface area contributed by atoms with Crippen LogP contribution in [0.15, 0.2) is 42.6 Å². The number of benzene rings is 1. The molecule has 0 saturated carbocycles. The summed E-state index contributed by atoms with van der Waals surface area (Å²) in [5.74, 6) is -0.325. The highest BCUT2D eigenvalue weighted by Gasteiger charge is 2.26. The van der Waals surface area contributed by atoms with Crippen LogP contribution in [0.1, 0.15) is 5.56 Å². The number of nitrogen functional groups attached to an aromatic ring is 1. The predicted octanol–water partition coefficient (Wildman–Crippen LogP) is 1.26. The zero-order valence-corrected chi connectivity index (χ0v) is 14.1. The summed E-state index contributed by atoms with van der Waals surface area (Å²) in [6.07, 6.45) is 1.74. The fourth-order valence-corrected chi connectivity index (χ4v) is 2.79. The van der Waals surface area contributed by atoms with E-state index >= 15 is 0 Å². The molecule has 130 valence electrons. The van der Waals surface area contributed by atoms with Gasteiger partial charge in [-0.3, -0.25) is 9.59 Å². The molecule has 0 atom stereocenters. The standard InChI is InChI=1S/C18H21N5O2/c1-13-5-6-15(14(19)12-13)21-17(24)18(25)23-10-8-22(9-11-23)16-4-2-3-7-20-16/h2-7,12H,8-11,19H2,1H3,(H,21,24). The first-order valence-electron chi connectivity index (χ1n) is 8.17. The van der Waals surface area contributed by atoms with E-state index in [2.05, 4.69) is 15.2 Å². The number of carbonyl (C=O) groups excluding carboxylic acids is 2. The number of hydrogen-bond acceptors (Lipinski definition) is 5. The van der Waals surface area contributed by atoms with E-state index in [-0.39, 0.29) is 0 Å². The van der Waals surface area contributed by atoms with Gasteiger partial charge in [-0.15, -0.1) is 0 Å². The van der Waals surface area contributed by atoms with Crippen molar-refractivity contribution in [2.45, 2.75) is 6.92 Å². The van der Waals surface area contributed by atoms with Crippen molar-refractivity contribution in [1.82, 2.24) is 9.88 Å². The smallest absolute Gasteiger partial charge is 0.313 e. The Morgan fingerprint density at radius 3 is 2.52 bits per heavy atom. The van der Waals surface area contributed by atoms with E-state index in [1.54, 1.807) is 23.2 Å². The van der Waals surface area contributed by atoms with Crippen molar-refractivity contribution in [1.29, 1.82) is 0 Å². The number of nitrogens with one attached hydrogen (secondary N) is 1. The van der Waals surface area contributed by atoms with Crippen LogP contribution in [0.4, 0.5) is 17.2 Å². The minimum atomic E-state index is -0.665. The van der Waals surface area contributed by atoms with Crippen molar-refractivity contribution in [3.63, 3.8) is 0 Å². The van der Waals surface area contributed by atoms with Gasteiger partial charge in [-0.25, -0.2) is 4.98 Å². The Labute approximate surface area is 146 Å². The largest absolute Gasteiger partial charge is 0.397 e. The van der Waals surface area contributed by atoms with Crippen LogP contribution >= 0.6 is 0 Å². The lowest BCUT2D eigenvalue weighted by molar-refractivity contribution is -0.143. The lowest BCUT2D eigenvalue weighted by Crippen LogP contribution is -2.51. The number of anilines is 3. The molecule has 2 heterocycles. The monoisotopic (exact) mass is 339 g/mol. The SMILES string of the molecule is Cc1ccc(NC(=O)C(=O)N2CCN(c3ccccn3)CC2)c(N)c1. The maximum Gasteiger partial charge on any atom is 0.313 e. The lowest BCUT2D eigenvalue weighted by atomic mass is 10.2. The first-order chi connectivity index (χ1) is 12.0. The number of nitrogens with zero attached hydrogens (tertiary/aromatic N) is 3. The van der Waals surface area contributed by atoms with Gasteiger partial charge in [0.15, 0.2) is 0 Å². The molecule has 2 aromatic rings. The Morgan fingerprint density at radius 1 is 1.12 bits per heavy atom. The molecule has 7 nitrogen and oxygen atoms in total. The average Bonchev–Trinajstić information content (AvgIpc) is 2.64. The number of rotatable bonds is 2. The Balaban J connectivity index is 1.57. The number of nitrogens with two attached hydrogens (primary N) is 1. The summed E-state index contributed by atoms with van der Waals surface area (Å²) in [5.41, 5.74) is 7.77. The minimum absolute atomic E-state index is 0.445. The third-order valence-electron chi connectivity index (χ3n) is 4.19. The summed E-state index contributed by atoms with van der Waals surface area (Å²) >= 11 is 0. The predicted molar refractivity (Wildman–Crippen MR) is 97.3 cm³/mol. The van der Waals surface area contributed by atoms with E-state index in [0.29, 0.717) is 37.6 Å². The lowest BCUT2D eigenvalue weighted by Gasteiger charge is -2.35. The van der Waals surface area contributed by atoms with Crippen LogP contribution in [0.5, 0.6) is 0 Å². The highest BCUT2D eigenvalue weighted by Crippen LogP contribution is 2.19. The number of hydrogen-bond donors (Lipinski definition) is 2. The summed E-state index contributed by atoms with van der Waals surface area (Å²) in [4.78, 5) is 32.5. The number of piperazine rings is 1. The van der Waals surface area contributed by atoms with E-state index < -0.39 is 11.8 Å². The summed E-state index contributed by atoms with van der Waals surface area (Å²) in [6.45, 7) is 4.15. The summed E-state index contributed by atoms with van der Waals surface area (Å²) in [6, 6.07) is 11.0. The maximum absolute atomic E-state index is 12.4. The van der Waals surface area contributed by atoms with Gasteiger partial charge in [0.1, 0.15) is 5.82 Å². The highest BCUT2D eigenvalue weighted by molar-refractivity contribution is 6.39. The molecular weight excluding hydrogens is 318 g/mol. The number of carbonyl (C=O) groups is 2. The van der Waals surface area contributed by atoms with Crippen LogP contribution < -0.4 is 16.0 Å². The third-order valence-corrected chi connectivity index (χ3v) is 4.19. The minimum Gasteiger partial charge on any atom is -0.397 e.